The minimum atomic E-state index is -1.05. The van der Waals surface area contributed by atoms with Gasteiger partial charge in [0.2, 0.25) is 0 Å². The molecule has 7 nitrogen and oxygen atoms in total. The van der Waals surface area contributed by atoms with Crippen molar-refractivity contribution in [3.63, 3.8) is 0 Å². The molecule has 21 heavy (non-hydrogen) atoms. The first-order valence-corrected chi connectivity index (χ1v) is 6.14. The van der Waals surface area contributed by atoms with Crippen LogP contribution in [0.5, 0.6) is 11.5 Å². The first-order valence-electron chi connectivity index (χ1n) is 6.14. The second-order valence-corrected chi connectivity index (χ2v) is 3.83. The van der Waals surface area contributed by atoms with E-state index in [2.05, 4.69) is 11.9 Å². The van der Waals surface area contributed by atoms with Gasteiger partial charge >= 0.3 is 12.1 Å². The van der Waals surface area contributed by atoms with Crippen LogP contribution in [0.3, 0.4) is 0 Å². The van der Waals surface area contributed by atoms with Crippen LogP contribution >= 0.6 is 0 Å². The molecule has 1 rings (SSSR count). The lowest BCUT2D eigenvalue weighted by atomic mass is 10.2. The van der Waals surface area contributed by atoms with Crippen molar-refractivity contribution in [2.45, 2.75) is 0 Å². The second kappa shape index (κ2) is 8.47. The highest BCUT2D eigenvalue weighted by atomic mass is 16.5. The molecule has 114 valence electrons. The van der Waals surface area contributed by atoms with E-state index in [1.807, 2.05) is 0 Å². The summed E-state index contributed by atoms with van der Waals surface area (Å²) < 4.78 is 15.2. The smallest absolute Gasteiger partial charge is 0.407 e. The van der Waals surface area contributed by atoms with Crippen molar-refractivity contribution in [1.29, 1.82) is 0 Å². The number of aromatic carboxylic acids is 1. The molecule has 0 saturated heterocycles. The molecule has 0 saturated carbocycles. The van der Waals surface area contributed by atoms with E-state index in [1.54, 1.807) is 0 Å². The Bertz CT molecular complexity index is 514. The van der Waals surface area contributed by atoms with Crippen LogP contribution in [-0.4, -0.2) is 44.0 Å². The molecule has 0 spiro atoms. The molecule has 1 aromatic rings. The third kappa shape index (κ3) is 5.43. The van der Waals surface area contributed by atoms with Gasteiger partial charge in [0, 0.05) is 0 Å². The molecule has 0 aliphatic rings. The maximum Gasteiger partial charge on any atom is 0.407 e. The quantitative estimate of drug-likeness (QED) is 0.560. The molecule has 1 aromatic carbocycles. The zero-order valence-corrected chi connectivity index (χ0v) is 11.6. The fraction of sp³-hybridized carbons (Fsp3) is 0.286. The Morgan fingerprint density at radius 1 is 1.38 bits per heavy atom. The molecule has 0 radical (unpaired) electrons. The summed E-state index contributed by atoms with van der Waals surface area (Å²) >= 11 is 0. The predicted molar refractivity (Wildman–Crippen MR) is 75.0 cm³/mol. The number of nitrogens with one attached hydrogen (secondary N) is 1. The molecule has 7 heteroatoms. The van der Waals surface area contributed by atoms with Gasteiger partial charge in [-0.3, -0.25) is 0 Å². The largest absolute Gasteiger partial charge is 0.493 e. The number of alkyl carbamates (subject to hydrolysis) is 1. The average Bonchev–Trinajstić information content (AvgIpc) is 2.49. The van der Waals surface area contributed by atoms with Crippen molar-refractivity contribution in [1.82, 2.24) is 5.32 Å². The van der Waals surface area contributed by atoms with Gasteiger partial charge in [0.1, 0.15) is 13.2 Å². The highest BCUT2D eigenvalue weighted by Crippen LogP contribution is 2.27. The lowest BCUT2D eigenvalue weighted by Crippen LogP contribution is -2.28. The molecule has 0 aliphatic carbocycles. The van der Waals surface area contributed by atoms with Gasteiger partial charge in [-0.25, -0.2) is 9.59 Å². The van der Waals surface area contributed by atoms with Crippen LogP contribution in [0, 0.1) is 0 Å². The number of carboxylic acids is 1. The first-order chi connectivity index (χ1) is 10.1. The van der Waals surface area contributed by atoms with Crippen LogP contribution in [0.1, 0.15) is 10.4 Å². The Labute approximate surface area is 122 Å². The van der Waals surface area contributed by atoms with Crippen LogP contribution in [-0.2, 0) is 4.74 Å². The topological polar surface area (TPSA) is 94.1 Å². The Kier molecular flexibility index (Phi) is 6.59. The number of amides is 1. The van der Waals surface area contributed by atoms with E-state index in [0.717, 1.165) is 0 Å². The molecular weight excluding hydrogens is 278 g/mol. The summed E-state index contributed by atoms with van der Waals surface area (Å²) in [6.45, 7) is 3.98. The van der Waals surface area contributed by atoms with Crippen molar-refractivity contribution in [2.75, 3.05) is 26.9 Å². The summed E-state index contributed by atoms with van der Waals surface area (Å²) in [5, 5.41) is 11.4. The normalized spacial score (nSPS) is 9.57. The number of methoxy groups -OCH3 is 1. The van der Waals surface area contributed by atoms with E-state index in [1.165, 1.54) is 31.4 Å². The highest BCUT2D eigenvalue weighted by Gasteiger charge is 2.10. The molecule has 2 N–H and O–H groups in total. The molecular formula is C14H17NO6. The van der Waals surface area contributed by atoms with Crippen LogP contribution in [0.2, 0.25) is 0 Å². The molecule has 0 aliphatic heterocycles. The average molecular weight is 295 g/mol. The molecule has 0 atom stereocenters. The van der Waals surface area contributed by atoms with Crippen molar-refractivity contribution in [3.05, 3.63) is 36.4 Å². The molecule has 0 heterocycles. The van der Waals surface area contributed by atoms with Crippen LogP contribution in [0.4, 0.5) is 4.79 Å². The van der Waals surface area contributed by atoms with Gasteiger partial charge in [-0.2, -0.15) is 0 Å². The lowest BCUT2D eigenvalue weighted by molar-refractivity contribution is 0.0696. The fourth-order valence-electron chi connectivity index (χ4n) is 1.42. The van der Waals surface area contributed by atoms with Gasteiger partial charge < -0.3 is 24.6 Å². The number of rotatable bonds is 8. The van der Waals surface area contributed by atoms with Crippen molar-refractivity contribution in [2.24, 2.45) is 0 Å². The van der Waals surface area contributed by atoms with Crippen molar-refractivity contribution >= 4 is 12.1 Å². The van der Waals surface area contributed by atoms with E-state index < -0.39 is 12.1 Å². The summed E-state index contributed by atoms with van der Waals surface area (Å²) in [4.78, 5) is 22.0. The number of ether oxygens (including phenoxy) is 3. The SMILES string of the molecule is C=CCOC(=O)NCCOc1ccc(C(=O)O)cc1OC. The Balaban J connectivity index is 2.46. The third-order valence-electron chi connectivity index (χ3n) is 2.37. The van der Waals surface area contributed by atoms with Gasteiger partial charge in [0.15, 0.2) is 11.5 Å². The lowest BCUT2D eigenvalue weighted by Gasteiger charge is -2.11. The van der Waals surface area contributed by atoms with Gasteiger partial charge in [-0.15, -0.1) is 0 Å². The predicted octanol–water partition coefficient (Wildman–Crippen LogP) is 1.68. The molecule has 0 bridgehead atoms. The summed E-state index contributed by atoms with van der Waals surface area (Å²) in [5.41, 5.74) is 0.102. The summed E-state index contributed by atoms with van der Waals surface area (Å²) in [6.07, 6.45) is 0.900. The number of carboxylic acid groups (broad SMARTS) is 1. The molecule has 0 unspecified atom stereocenters. The van der Waals surface area contributed by atoms with Gasteiger partial charge in [0.05, 0.1) is 19.2 Å². The van der Waals surface area contributed by atoms with Crippen molar-refractivity contribution < 1.29 is 28.9 Å². The summed E-state index contributed by atoms with van der Waals surface area (Å²) in [6, 6.07) is 4.27. The number of benzene rings is 1. The van der Waals surface area contributed by atoms with E-state index in [4.69, 9.17) is 19.3 Å². The van der Waals surface area contributed by atoms with Crippen molar-refractivity contribution in [3.8, 4) is 11.5 Å². The maximum atomic E-state index is 11.1. The minimum absolute atomic E-state index is 0.102. The Morgan fingerprint density at radius 3 is 2.76 bits per heavy atom. The maximum absolute atomic E-state index is 11.1. The zero-order valence-electron chi connectivity index (χ0n) is 11.6. The van der Waals surface area contributed by atoms with E-state index in [9.17, 15) is 9.59 Å². The van der Waals surface area contributed by atoms with E-state index in [0.29, 0.717) is 11.5 Å². The zero-order chi connectivity index (χ0) is 15.7. The number of carbonyl (C=O) groups is 2. The molecule has 0 aromatic heterocycles. The van der Waals surface area contributed by atoms with Gasteiger partial charge in [-0.1, -0.05) is 12.7 Å². The Hall–Kier alpha value is -2.70. The number of carbonyl (C=O) groups excluding carboxylic acids is 1. The Morgan fingerprint density at radius 2 is 2.14 bits per heavy atom. The van der Waals surface area contributed by atoms with Crippen LogP contribution in [0.25, 0.3) is 0 Å². The second-order valence-electron chi connectivity index (χ2n) is 3.83. The van der Waals surface area contributed by atoms with Gasteiger partial charge in [0.25, 0.3) is 0 Å². The standard InChI is InChI=1S/C14H17NO6/c1-3-7-21-14(18)15-6-8-20-11-5-4-10(13(16)17)9-12(11)19-2/h3-5,9H,1,6-8H2,2H3,(H,15,18)(H,16,17). The highest BCUT2D eigenvalue weighted by molar-refractivity contribution is 5.88. The van der Waals surface area contributed by atoms with Gasteiger partial charge in [-0.05, 0) is 18.2 Å². The van der Waals surface area contributed by atoms with E-state index in [-0.39, 0.29) is 25.3 Å². The number of hydrogen-bond donors (Lipinski definition) is 2. The summed E-state index contributed by atoms with van der Waals surface area (Å²) in [5.74, 6) is -0.348. The summed E-state index contributed by atoms with van der Waals surface area (Å²) in [7, 11) is 1.42. The molecule has 0 fully saturated rings. The monoisotopic (exact) mass is 295 g/mol. The van der Waals surface area contributed by atoms with Crippen LogP contribution < -0.4 is 14.8 Å². The number of hydrogen-bond acceptors (Lipinski definition) is 5. The fourth-order valence-corrected chi connectivity index (χ4v) is 1.42. The van der Waals surface area contributed by atoms with E-state index >= 15 is 0 Å². The first kappa shape index (κ1) is 16.4. The third-order valence-corrected chi connectivity index (χ3v) is 2.37. The minimum Gasteiger partial charge on any atom is -0.493 e. The van der Waals surface area contributed by atoms with Crippen LogP contribution in [0.15, 0.2) is 30.9 Å². The molecule has 1 amide bonds.